The molecule has 0 saturated carbocycles. The third-order valence-electron chi connectivity index (χ3n) is 4.79. The number of benzene rings is 1. The second-order valence-corrected chi connectivity index (χ2v) is 6.38. The molecule has 2 aliphatic heterocycles. The zero-order chi connectivity index (χ0) is 14.8. The van der Waals surface area contributed by atoms with Crippen LogP contribution in [0.3, 0.4) is 0 Å². The molecule has 0 amide bonds. The first-order valence-electron chi connectivity index (χ1n) is 7.86. The molecule has 2 saturated heterocycles. The number of hydrogen-bond acceptors (Lipinski definition) is 3. The SMILES string of the molecule is CC1CN2CCCC2CN1CC(=O)Cc1ccccc1F. The maximum atomic E-state index is 13.6. The van der Waals surface area contributed by atoms with Crippen LogP contribution in [-0.4, -0.2) is 53.8 Å². The van der Waals surface area contributed by atoms with Crippen molar-refractivity contribution in [3.05, 3.63) is 35.6 Å². The molecule has 0 radical (unpaired) electrons. The quantitative estimate of drug-likeness (QED) is 0.848. The summed E-state index contributed by atoms with van der Waals surface area (Å²) in [7, 11) is 0. The van der Waals surface area contributed by atoms with Gasteiger partial charge in [-0.1, -0.05) is 18.2 Å². The average Bonchev–Trinajstić information content (AvgIpc) is 2.89. The van der Waals surface area contributed by atoms with Crippen molar-refractivity contribution in [3.8, 4) is 0 Å². The van der Waals surface area contributed by atoms with Gasteiger partial charge in [0.15, 0.2) is 5.78 Å². The predicted molar refractivity (Wildman–Crippen MR) is 80.7 cm³/mol. The van der Waals surface area contributed by atoms with Gasteiger partial charge in [0.05, 0.1) is 6.54 Å². The van der Waals surface area contributed by atoms with Gasteiger partial charge in [0.2, 0.25) is 0 Å². The van der Waals surface area contributed by atoms with Gasteiger partial charge >= 0.3 is 0 Å². The standard InChI is InChI=1S/C17H23FN2O/c1-13-10-19-8-4-6-15(19)11-20(13)12-16(21)9-14-5-2-3-7-17(14)18/h2-3,5,7,13,15H,4,6,8-12H2,1H3. The molecule has 0 N–H and O–H groups in total. The van der Waals surface area contributed by atoms with Crippen molar-refractivity contribution >= 4 is 5.78 Å². The Labute approximate surface area is 125 Å². The van der Waals surface area contributed by atoms with E-state index >= 15 is 0 Å². The monoisotopic (exact) mass is 290 g/mol. The molecule has 3 nitrogen and oxygen atoms in total. The molecule has 21 heavy (non-hydrogen) atoms. The minimum absolute atomic E-state index is 0.110. The van der Waals surface area contributed by atoms with Crippen molar-refractivity contribution in [1.29, 1.82) is 0 Å². The minimum atomic E-state index is -0.278. The first kappa shape index (κ1) is 14.7. The first-order chi connectivity index (χ1) is 10.1. The van der Waals surface area contributed by atoms with E-state index in [1.165, 1.54) is 25.5 Å². The summed E-state index contributed by atoms with van der Waals surface area (Å²) in [5.41, 5.74) is 0.509. The number of carbonyl (C=O) groups is 1. The fraction of sp³-hybridized carbons (Fsp3) is 0.588. The summed E-state index contributed by atoms with van der Waals surface area (Å²) >= 11 is 0. The number of halogens is 1. The molecule has 0 spiro atoms. The molecule has 2 aliphatic rings. The van der Waals surface area contributed by atoms with Crippen molar-refractivity contribution in [3.63, 3.8) is 0 Å². The van der Waals surface area contributed by atoms with Gasteiger partial charge in [-0.15, -0.1) is 0 Å². The summed E-state index contributed by atoms with van der Waals surface area (Å²) in [6, 6.07) is 7.58. The summed E-state index contributed by atoms with van der Waals surface area (Å²) in [5.74, 6) is -0.169. The topological polar surface area (TPSA) is 23.6 Å². The number of Topliss-reactive ketones (excluding diaryl/α,β-unsaturated/α-hetero) is 1. The highest BCUT2D eigenvalue weighted by atomic mass is 19.1. The lowest BCUT2D eigenvalue weighted by Gasteiger charge is -2.42. The van der Waals surface area contributed by atoms with Crippen LogP contribution >= 0.6 is 0 Å². The Morgan fingerprint density at radius 2 is 2.14 bits per heavy atom. The van der Waals surface area contributed by atoms with E-state index in [4.69, 9.17) is 0 Å². The third kappa shape index (κ3) is 3.33. The zero-order valence-electron chi connectivity index (χ0n) is 12.6. The largest absolute Gasteiger partial charge is 0.298 e. The number of nitrogens with zero attached hydrogens (tertiary/aromatic N) is 2. The molecule has 0 bridgehead atoms. The molecule has 2 atom stereocenters. The molecule has 2 heterocycles. The van der Waals surface area contributed by atoms with Crippen LogP contribution < -0.4 is 0 Å². The van der Waals surface area contributed by atoms with Crippen LogP contribution in [0, 0.1) is 5.82 Å². The van der Waals surface area contributed by atoms with Gasteiger partial charge in [0.1, 0.15) is 5.82 Å². The highest BCUT2D eigenvalue weighted by Gasteiger charge is 2.34. The second kappa shape index (κ2) is 6.24. The van der Waals surface area contributed by atoms with Gasteiger partial charge in [-0.3, -0.25) is 14.6 Å². The minimum Gasteiger partial charge on any atom is -0.298 e. The van der Waals surface area contributed by atoms with Crippen LogP contribution in [0.15, 0.2) is 24.3 Å². The van der Waals surface area contributed by atoms with Crippen LogP contribution in [0.25, 0.3) is 0 Å². The predicted octanol–water partition coefficient (Wildman–Crippen LogP) is 2.11. The molecule has 4 heteroatoms. The lowest BCUT2D eigenvalue weighted by Crippen LogP contribution is -2.56. The van der Waals surface area contributed by atoms with Gasteiger partial charge in [0, 0.05) is 31.6 Å². The van der Waals surface area contributed by atoms with Crippen LogP contribution in [0.4, 0.5) is 4.39 Å². The summed E-state index contributed by atoms with van der Waals surface area (Å²) in [4.78, 5) is 17.1. The van der Waals surface area contributed by atoms with Crippen LogP contribution in [0.5, 0.6) is 0 Å². The molecule has 2 unspecified atom stereocenters. The maximum Gasteiger partial charge on any atom is 0.151 e. The number of piperazine rings is 1. The highest BCUT2D eigenvalue weighted by molar-refractivity contribution is 5.82. The summed E-state index contributed by atoms with van der Waals surface area (Å²) in [6.07, 6.45) is 2.71. The van der Waals surface area contributed by atoms with Crippen molar-refractivity contribution < 1.29 is 9.18 Å². The van der Waals surface area contributed by atoms with Gasteiger partial charge in [-0.2, -0.15) is 0 Å². The van der Waals surface area contributed by atoms with Gasteiger partial charge in [0.25, 0.3) is 0 Å². The van der Waals surface area contributed by atoms with E-state index in [0.29, 0.717) is 24.2 Å². The maximum absolute atomic E-state index is 13.6. The van der Waals surface area contributed by atoms with Crippen LogP contribution in [0.1, 0.15) is 25.3 Å². The normalized spacial score (nSPS) is 26.8. The molecule has 2 fully saturated rings. The van der Waals surface area contributed by atoms with E-state index in [1.54, 1.807) is 18.2 Å². The Hall–Kier alpha value is -1.26. The number of hydrogen-bond donors (Lipinski definition) is 0. The molecular formula is C17H23FN2O. The third-order valence-corrected chi connectivity index (χ3v) is 4.79. The first-order valence-corrected chi connectivity index (χ1v) is 7.86. The highest BCUT2D eigenvalue weighted by Crippen LogP contribution is 2.24. The Morgan fingerprint density at radius 1 is 1.33 bits per heavy atom. The molecule has 114 valence electrons. The zero-order valence-corrected chi connectivity index (χ0v) is 12.6. The van der Waals surface area contributed by atoms with Gasteiger partial charge in [-0.05, 0) is 37.9 Å². The van der Waals surface area contributed by atoms with E-state index in [2.05, 4.69) is 16.7 Å². The van der Waals surface area contributed by atoms with E-state index in [0.717, 1.165) is 13.1 Å². The average molecular weight is 290 g/mol. The Kier molecular flexibility index (Phi) is 4.36. The smallest absolute Gasteiger partial charge is 0.151 e. The number of ketones is 1. The summed E-state index contributed by atoms with van der Waals surface area (Å²) in [5, 5.41) is 0. The van der Waals surface area contributed by atoms with E-state index in [9.17, 15) is 9.18 Å². The molecule has 0 aromatic heterocycles. The fourth-order valence-corrected chi connectivity index (χ4v) is 3.60. The number of rotatable bonds is 4. The molecular weight excluding hydrogens is 267 g/mol. The Balaban J connectivity index is 1.58. The van der Waals surface area contributed by atoms with Crippen LogP contribution in [0.2, 0.25) is 0 Å². The van der Waals surface area contributed by atoms with Crippen molar-refractivity contribution in [2.75, 3.05) is 26.2 Å². The lowest BCUT2D eigenvalue weighted by molar-refractivity contribution is -0.121. The number of carbonyl (C=O) groups excluding carboxylic acids is 1. The van der Waals surface area contributed by atoms with Crippen molar-refractivity contribution in [2.24, 2.45) is 0 Å². The molecule has 1 aromatic rings. The van der Waals surface area contributed by atoms with Crippen LogP contribution in [-0.2, 0) is 11.2 Å². The fourth-order valence-electron chi connectivity index (χ4n) is 3.60. The van der Waals surface area contributed by atoms with Gasteiger partial charge in [-0.25, -0.2) is 4.39 Å². The Morgan fingerprint density at radius 3 is 2.95 bits per heavy atom. The molecule has 3 rings (SSSR count). The Bertz CT molecular complexity index is 519. The summed E-state index contributed by atoms with van der Waals surface area (Å²) in [6.45, 7) is 5.86. The van der Waals surface area contributed by atoms with Crippen molar-refractivity contribution in [1.82, 2.24) is 9.80 Å². The lowest BCUT2D eigenvalue weighted by atomic mass is 10.0. The summed E-state index contributed by atoms with van der Waals surface area (Å²) < 4.78 is 13.6. The van der Waals surface area contributed by atoms with Crippen molar-refractivity contribution in [2.45, 2.75) is 38.3 Å². The molecule has 1 aromatic carbocycles. The van der Waals surface area contributed by atoms with E-state index in [1.807, 2.05) is 0 Å². The van der Waals surface area contributed by atoms with Gasteiger partial charge < -0.3 is 0 Å². The van der Waals surface area contributed by atoms with E-state index < -0.39 is 0 Å². The number of fused-ring (bicyclic) bond motifs is 1. The second-order valence-electron chi connectivity index (χ2n) is 6.38. The van der Waals surface area contributed by atoms with E-state index in [-0.39, 0.29) is 18.0 Å². The molecule has 0 aliphatic carbocycles.